The predicted octanol–water partition coefficient (Wildman–Crippen LogP) is 3.27. The summed E-state index contributed by atoms with van der Waals surface area (Å²) in [7, 11) is 0. The lowest BCUT2D eigenvalue weighted by atomic mass is 10.2. The maximum Gasteiger partial charge on any atom is 0.344 e. The molecule has 0 atom stereocenters. The first kappa shape index (κ1) is 15.2. The molecule has 4 rings (SSSR count). The largest absolute Gasteiger partial charge is 0.344 e. The summed E-state index contributed by atoms with van der Waals surface area (Å²) in [4.78, 5) is 28.4. The number of aromatic nitrogens is 5. The minimum atomic E-state index is -0.476. The Bertz CT molecular complexity index is 1060. The Morgan fingerprint density at radius 1 is 1.08 bits per heavy atom. The van der Waals surface area contributed by atoms with Gasteiger partial charge >= 0.3 is 5.69 Å². The first-order valence-electron chi connectivity index (χ1n) is 7.23. The van der Waals surface area contributed by atoms with Crippen molar-refractivity contribution in [1.82, 2.24) is 24.5 Å². The number of benzene rings is 1. The minimum absolute atomic E-state index is 0.168. The molecule has 0 fully saturated rings. The van der Waals surface area contributed by atoms with E-state index in [1.807, 2.05) is 30.3 Å². The highest BCUT2D eigenvalue weighted by atomic mass is 32.2. The van der Waals surface area contributed by atoms with Gasteiger partial charge in [0, 0.05) is 28.9 Å². The maximum absolute atomic E-state index is 11.7. The molecule has 0 bridgehead atoms. The van der Waals surface area contributed by atoms with E-state index in [1.54, 1.807) is 12.4 Å². The van der Waals surface area contributed by atoms with Crippen LogP contribution in [0.25, 0.3) is 16.7 Å². The number of nitro groups is 1. The molecular weight excluding hydrogens is 340 g/mol. The summed E-state index contributed by atoms with van der Waals surface area (Å²) in [5, 5.41) is 12.9. The van der Waals surface area contributed by atoms with Crippen LogP contribution in [-0.2, 0) is 0 Å². The summed E-state index contributed by atoms with van der Waals surface area (Å²) in [5.41, 5.74) is 0.602. The number of nitrogens with zero attached hydrogens (tertiary/aromatic N) is 6. The van der Waals surface area contributed by atoms with Crippen LogP contribution in [0.4, 0.5) is 5.69 Å². The van der Waals surface area contributed by atoms with Gasteiger partial charge in [0.05, 0.1) is 10.4 Å². The zero-order valence-electron chi connectivity index (χ0n) is 12.7. The molecule has 0 spiro atoms. The third kappa shape index (κ3) is 2.81. The molecule has 0 aliphatic rings. The fourth-order valence-electron chi connectivity index (χ4n) is 2.42. The van der Waals surface area contributed by atoms with E-state index in [4.69, 9.17) is 0 Å². The molecule has 3 aromatic heterocycles. The maximum atomic E-state index is 11.7. The summed E-state index contributed by atoms with van der Waals surface area (Å²) < 4.78 is 1.49. The standard InChI is InChI=1S/C16H10N6O2S/c23-22(24)14-15(21-8-7-17-10-21)19-9-20-16(14)25-12-5-1-3-11-4-2-6-18-13(11)12/h1-10H. The second-order valence-corrected chi connectivity index (χ2v) is 6.04. The van der Waals surface area contributed by atoms with Crippen molar-refractivity contribution in [3.8, 4) is 5.82 Å². The zero-order chi connectivity index (χ0) is 17.2. The van der Waals surface area contributed by atoms with Gasteiger partial charge in [-0.1, -0.05) is 30.0 Å². The summed E-state index contributed by atoms with van der Waals surface area (Å²) in [6.45, 7) is 0. The van der Waals surface area contributed by atoms with E-state index in [1.165, 1.54) is 35.2 Å². The summed E-state index contributed by atoms with van der Waals surface area (Å²) in [6.07, 6.45) is 7.60. The average Bonchev–Trinajstić information content (AvgIpc) is 3.16. The molecular formula is C16H10N6O2S. The van der Waals surface area contributed by atoms with Crippen LogP contribution in [0, 0.1) is 10.1 Å². The average molecular weight is 350 g/mol. The van der Waals surface area contributed by atoms with Gasteiger partial charge in [-0.15, -0.1) is 0 Å². The van der Waals surface area contributed by atoms with Gasteiger partial charge in [-0.3, -0.25) is 19.7 Å². The van der Waals surface area contributed by atoms with E-state index in [0.717, 1.165) is 15.8 Å². The van der Waals surface area contributed by atoms with E-state index >= 15 is 0 Å². The number of hydrogen-bond donors (Lipinski definition) is 0. The molecule has 8 nitrogen and oxygen atoms in total. The monoisotopic (exact) mass is 350 g/mol. The van der Waals surface area contributed by atoms with Gasteiger partial charge in [-0.05, 0) is 12.1 Å². The van der Waals surface area contributed by atoms with Crippen molar-refractivity contribution in [1.29, 1.82) is 0 Å². The molecule has 122 valence electrons. The quantitative estimate of drug-likeness (QED) is 0.316. The third-order valence-corrected chi connectivity index (χ3v) is 4.54. The molecule has 0 unspecified atom stereocenters. The topological polar surface area (TPSA) is 99.6 Å². The molecule has 0 radical (unpaired) electrons. The van der Waals surface area contributed by atoms with Gasteiger partial charge < -0.3 is 0 Å². The Balaban J connectivity index is 1.86. The van der Waals surface area contributed by atoms with Crippen LogP contribution in [0.15, 0.2) is 71.5 Å². The summed E-state index contributed by atoms with van der Waals surface area (Å²) >= 11 is 1.19. The molecule has 3 heterocycles. The van der Waals surface area contributed by atoms with Crippen molar-refractivity contribution in [3.05, 3.63) is 71.7 Å². The Labute approximate surface area is 145 Å². The number of rotatable bonds is 4. The van der Waals surface area contributed by atoms with Gasteiger partial charge in [0.25, 0.3) is 0 Å². The molecule has 1 aromatic carbocycles. The number of hydrogen-bond acceptors (Lipinski definition) is 7. The van der Waals surface area contributed by atoms with Crippen LogP contribution in [0.1, 0.15) is 0 Å². The summed E-state index contributed by atoms with van der Waals surface area (Å²) in [6, 6.07) is 9.48. The van der Waals surface area contributed by atoms with Gasteiger partial charge in [0.2, 0.25) is 5.82 Å². The van der Waals surface area contributed by atoms with Crippen molar-refractivity contribution in [3.63, 3.8) is 0 Å². The third-order valence-electron chi connectivity index (χ3n) is 3.50. The number of imidazole rings is 1. The van der Waals surface area contributed by atoms with Gasteiger partial charge in [-0.2, -0.15) is 0 Å². The van der Waals surface area contributed by atoms with E-state index in [9.17, 15) is 10.1 Å². The fourth-order valence-corrected chi connectivity index (χ4v) is 3.41. The SMILES string of the molecule is O=[N+]([O-])c1c(Sc2cccc3cccnc23)ncnc1-n1ccnc1. The fraction of sp³-hybridized carbons (Fsp3) is 0. The van der Waals surface area contributed by atoms with Crippen LogP contribution in [0.5, 0.6) is 0 Å². The number of pyridine rings is 1. The molecule has 25 heavy (non-hydrogen) atoms. The molecule has 0 aliphatic heterocycles. The zero-order valence-corrected chi connectivity index (χ0v) is 13.5. The first-order valence-corrected chi connectivity index (χ1v) is 8.05. The minimum Gasteiger partial charge on any atom is -0.285 e. The molecule has 0 saturated carbocycles. The molecule has 0 aliphatic carbocycles. The smallest absolute Gasteiger partial charge is 0.285 e. The van der Waals surface area contributed by atoms with Crippen molar-refractivity contribution in [2.24, 2.45) is 0 Å². The van der Waals surface area contributed by atoms with E-state index in [0.29, 0.717) is 0 Å². The first-order chi connectivity index (χ1) is 12.2. The molecule has 0 amide bonds. The highest BCUT2D eigenvalue weighted by molar-refractivity contribution is 7.99. The van der Waals surface area contributed by atoms with Crippen molar-refractivity contribution in [2.45, 2.75) is 9.92 Å². The predicted molar refractivity (Wildman–Crippen MR) is 91.7 cm³/mol. The highest BCUT2D eigenvalue weighted by Crippen LogP contribution is 2.37. The Morgan fingerprint density at radius 3 is 2.76 bits per heavy atom. The van der Waals surface area contributed by atoms with Crippen molar-refractivity contribution >= 4 is 28.4 Å². The number of para-hydroxylation sites is 1. The van der Waals surface area contributed by atoms with Gasteiger partial charge in [-0.25, -0.2) is 15.0 Å². The van der Waals surface area contributed by atoms with E-state index in [-0.39, 0.29) is 16.5 Å². The molecule has 0 saturated heterocycles. The molecule has 9 heteroatoms. The van der Waals surface area contributed by atoms with Gasteiger partial charge in [0.1, 0.15) is 12.7 Å². The van der Waals surface area contributed by atoms with E-state index < -0.39 is 4.92 Å². The van der Waals surface area contributed by atoms with Gasteiger partial charge in [0.15, 0.2) is 5.03 Å². The second-order valence-electron chi connectivity index (χ2n) is 5.01. The van der Waals surface area contributed by atoms with Crippen LogP contribution < -0.4 is 0 Å². The van der Waals surface area contributed by atoms with Crippen LogP contribution in [-0.4, -0.2) is 29.4 Å². The van der Waals surface area contributed by atoms with Crippen molar-refractivity contribution in [2.75, 3.05) is 0 Å². The lowest BCUT2D eigenvalue weighted by molar-refractivity contribution is -0.388. The Kier molecular flexibility index (Phi) is 3.82. The summed E-state index contributed by atoms with van der Waals surface area (Å²) in [5.74, 6) is 0.174. The van der Waals surface area contributed by atoms with Crippen LogP contribution in [0.3, 0.4) is 0 Å². The molecule has 4 aromatic rings. The normalized spacial score (nSPS) is 10.9. The van der Waals surface area contributed by atoms with Crippen LogP contribution in [0.2, 0.25) is 0 Å². The Hall–Kier alpha value is -3.33. The lowest BCUT2D eigenvalue weighted by Gasteiger charge is -2.07. The Morgan fingerprint density at radius 2 is 1.96 bits per heavy atom. The number of fused-ring (bicyclic) bond motifs is 1. The van der Waals surface area contributed by atoms with E-state index in [2.05, 4.69) is 19.9 Å². The van der Waals surface area contributed by atoms with Crippen LogP contribution >= 0.6 is 11.8 Å². The lowest BCUT2D eigenvalue weighted by Crippen LogP contribution is -2.04. The second kappa shape index (κ2) is 6.29. The molecule has 0 N–H and O–H groups in total. The van der Waals surface area contributed by atoms with Crippen molar-refractivity contribution < 1.29 is 4.92 Å². The highest BCUT2D eigenvalue weighted by Gasteiger charge is 2.25.